The van der Waals surface area contributed by atoms with E-state index >= 15 is 0 Å². The lowest BCUT2D eigenvalue weighted by Crippen LogP contribution is -2.46. The SMILES string of the molecule is CC(C)C(CO)C1CCCC(=O)N1. The summed E-state index contributed by atoms with van der Waals surface area (Å²) in [5, 5.41) is 12.1. The standard InChI is InChI=1S/C10H19NO2/c1-7(2)8(6-12)9-4-3-5-10(13)11-9/h7-9,12H,3-6H2,1-2H3,(H,11,13). The molecule has 76 valence electrons. The molecule has 2 atom stereocenters. The molecule has 1 rings (SSSR count). The van der Waals surface area contributed by atoms with Crippen molar-refractivity contribution in [3.05, 3.63) is 0 Å². The lowest BCUT2D eigenvalue weighted by atomic mass is 9.84. The van der Waals surface area contributed by atoms with Crippen molar-refractivity contribution in [3.8, 4) is 0 Å². The molecule has 0 aromatic carbocycles. The van der Waals surface area contributed by atoms with E-state index in [0.29, 0.717) is 12.3 Å². The van der Waals surface area contributed by atoms with Gasteiger partial charge in [0.1, 0.15) is 0 Å². The molecule has 13 heavy (non-hydrogen) atoms. The highest BCUT2D eigenvalue weighted by Gasteiger charge is 2.27. The molecule has 1 aliphatic rings. The van der Waals surface area contributed by atoms with Crippen molar-refractivity contribution in [1.82, 2.24) is 5.32 Å². The molecular formula is C10H19NO2. The summed E-state index contributed by atoms with van der Waals surface area (Å²) >= 11 is 0. The minimum Gasteiger partial charge on any atom is -0.396 e. The van der Waals surface area contributed by atoms with Crippen LogP contribution in [0.15, 0.2) is 0 Å². The molecule has 0 saturated carbocycles. The van der Waals surface area contributed by atoms with Gasteiger partial charge in [-0.25, -0.2) is 0 Å². The maximum absolute atomic E-state index is 11.1. The molecule has 0 aromatic heterocycles. The average Bonchev–Trinajstić information content (AvgIpc) is 2.04. The second-order valence-corrected chi connectivity index (χ2v) is 4.16. The van der Waals surface area contributed by atoms with Crippen LogP contribution >= 0.6 is 0 Å². The lowest BCUT2D eigenvalue weighted by molar-refractivity contribution is -0.124. The Labute approximate surface area is 79.5 Å². The molecule has 1 amide bonds. The summed E-state index contributed by atoms with van der Waals surface area (Å²) in [6, 6.07) is 0.186. The quantitative estimate of drug-likeness (QED) is 0.687. The van der Waals surface area contributed by atoms with E-state index in [0.717, 1.165) is 12.8 Å². The fraction of sp³-hybridized carbons (Fsp3) is 0.900. The van der Waals surface area contributed by atoms with Gasteiger partial charge in [-0.3, -0.25) is 4.79 Å². The van der Waals surface area contributed by atoms with E-state index in [2.05, 4.69) is 19.2 Å². The van der Waals surface area contributed by atoms with Crippen LogP contribution in [0, 0.1) is 11.8 Å². The minimum atomic E-state index is 0.135. The van der Waals surface area contributed by atoms with Crippen LogP contribution in [0.1, 0.15) is 33.1 Å². The van der Waals surface area contributed by atoms with Gasteiger partial charge >= 0.3 is 0 Å². The predicted molar refractivity (Wildman–Crippen MR) is 51.2 cm³/mol. The first-order valence-electron chi connectivity index (χ1n) is 5.05. The van der Waals surface area contributed by atoms with Crippen molar-refractivity contribution in [2.45, 2.75) is 39.2 Å². The van der Waals surface area contributed by atoms with Crippen LogP contribution < -0.4 is 5.32 Å². The number of hydrogen-bond acceptors (Lipinski definition) is 2. The molecule has 0 aromatic rings. The van der Waals surface area contributed by atoms with Crippen LogP contribution in [0.5, 0.6) is 0 Å². The summed E-state index contributed by atoms with van der Waals surface area (Å²) in [6.45, 7) is 4.34. The van der Waals surface area contributed by atoms with E-state index in [9.17, 15) is 9.90 Å². The third kappa shape index (κ3) is 2.69. The molecule has 0 radical (unpaired) electrons. The summed E-state index contributed by atoms with van der Waals surface area (Å²) in [6.07, 6.45) is 2.61. The van der Waals surface area contributed by atoms with Crippen molar-refractivity contribution in [2.75, 3.05) is 6.61 Å². The van der Waals surface area contributed by atoms with E-state index < -0.39 is 0 Å². The van der Waals surface area contributed by atoms with Crippen LogP contribution in [-0.4, -0.2) is 23.7 Å². The number of aliphatic hydroxyl groups excluding tert-OH is 1. The third-order valence-electron chi connectivity index (χ3n) is 2.85. The van der Waals surface area contributed by atoms with Crippen molar-refractivity contribution < 1.29 is 9.90 Å². The molecule has 0 aliphatic carbocycles. The van der Waals surface area contributed by atoms with E-state index in [-0.39, 0.29) is 24.5 Å². The molecule has 1 fully saturated rings. The Balaban J connectivity index is 2.52. The van der Waals surface area contributed by atoms with E-state index in [4.69, 9.17) is 0 Å². The monoisotopic (exact) mass is 185 g/mol. The third-order valence-corrected chi connectivity index (χ3v) is 2.85. The number of rotatable bonds is 3. The highest BCUT2D eigenvalue weighted by molar-refractivity contribution is 5.76. The second-order valence-electron chi connectivity index (χ2n) is 4.16. The summed E-state index contributed by atoms with van der Waals surface area (Å²) in [5.41, 5.74) is 0. The van der Waals surface area contributed by atoms with Crippen LogP contribution in [0.25, 0.3) is 0 Å². The number of carbonyl (C=O) groups excluding carboxylic acids is 1. The molecule has 0 spiro atoms. The summed E-state index contributed by atoms with van der Waals surface area (Å²) < 4.78 is 0. The number of aliphatic hydroxyl groups is 1. The Morgan fingerprint density at radius 2 is 2.31 bits per heavy atom. The van der Waals surface area contributed by atoms with Crippen molar-refractivity contribution >= 4 is 5.91 Å². The van der Waals surface area contributed by atoms with E-state index in [1.807, 2.05) is 0 Å². The molecule has 3 nitrogen and oxygen atoms in total. The zero-order chi connectivity index (χ0) is 9.84. The highest BCUT2D eigenvalue weighted by atomic mass is 16.3. The van der Waals surface area contributed by atoms with Gasteiger partial charge in [-0.2, -0.15) is 0 Å². The van der Waals surface area contributed by atoms with Crippen LogP contribution in [0.2, 0.25) is 0 Å². The van der Waals surface area contributed by atoms with Gasteiger partial charge in [-0.1, -0.05) is 13.8 Å². The molecule has 1 heterocycles. The first-order valence-corrected chi connectivity index (χ1v) is 5.05. The van der Waals surface area contributed by atoms with Gasteiger partial charge in [-0.05, 0) is 18.8 Å². The molecule has 1 saturated heterocycles. The van der Waals surface area contributed by atoms with E-state index in [1.165, 1.54) is 0 Å². The fourth-order valence-corrected chi connectivity index (χ4v) is 1.96. The van der Waals surface area contributed by atoms with Crippen LogP contribution in [-0.2, 0) is 4.79 Å². The number of amides is 1. The Morgan fingerprint density at radius 3 is 2.77 bits per heavy atom. The zero-order valence-electron chi connectivity index (χ0n) is 8.42. The van der Waals surface area contributed by atoms with Crippen LogP contribution in [0.3, 0.4) is 0 Å². The number of hydrogen-bond donors (Lipinski definition) is 2. The van der Waals surface area contributed by atoms with Crippen molar-refractivity contribution in [1.29, 1.82) is 0 Å². The average molecular weight is 185 g/mol. The normalized spacial score (nSPS) is 25.8. The number of carbonyl (C=O) groups is 1. The minimum absolute atomic E-state index is 0.135. The Bertz CT molecular complexity index is 180. The molecule has 3 heteroatoms. The van der Waals surface area contributed by atoms with Crippen molar-refractivity contribution in [3.63, 3.8) is 0 Å². The summed E-state index contributed by atoms with van der Waals surface area (Å²) in [4.78, 5) is 11.1. The lowest BCUT2D eigenvalue weighted by Gasteiger charge is -2.32. The van der Waals surface area contributed by atoms with Gasteiger partial charge in [0.15, 0.2) is 0 Å². The number of piperidine rings is 1. The van der Waals surface area contributed by atoms with Gasteiger partial charge < -0.3 is 10.4 Å². The predicted octanol–water partition coefficient (Wildman–Crippen LogP) is 0.920. The van der Waals surface area contributed by atoms with E-state index in [1.54, 1.807) is 0 Å². The zero-order valence-corrected chi connectivity index (χ0v) is 8.42. The smallest absolute Gasteiger partial charge is 0.220 e. The molecule has 0 bridgehead atoms. The first kappa shape index (κ1) is 10.5. The summed E-state index contributed by atoms with van der Waals surface area (Å²) in [7, 11) is 0. The van der Waals surface area contributed by atoms with Gasteiger partial charge in [-0.15, -0.1) is 0 Å². The van der Waals surface area contributed by atoms with Gasteiger partial charge in [0.25, 0.3) is 0 Å². The Hall–Kier alpha value is -0.570. The fourth-order valence-electron chi connectivity index (χ4n) is 1.96. The van der Waals surface area contributed by atoms with Gasteiger partial charge in [0.2, 0.25) is 5.91 Å². The van der Waals surface area contributed by atoms with Gasteiger partial charge in [0, 0.05) is 25.0 Å². The maximum Gasteiger partial charge on any atom is 0.220 e. The number of nitrogens with one attached hydrogen (secondary N) is 1. The largest absolute Gasteiger partial charge is 0.396 e. The maximum atomic E-state index is 11.1. The topological polar surface area (TPSA) is 49.3 Å². The Kier molecular flexibility index (Phi) is 3.72. The first-order chi connectivity index (χ1) is 6.15. The second kappa shape index (κ2) is 4.61. The van der Waals surface area contributed by atoms with Crippen LogP contribution in [0.4, 0.5) is 0 Å². The van der Waals surface area contributed by atoms with Gasteiger partial charge in [0.05, 0.1) is 0 Å². The summed E-state index contributed by atoms with van der Waals surface area (Å²) in [5.74, 6) is 0.771. The molecule has 2 N–H and O–H groups in total. The molecule has 1 aliphatic heterocycles. The molecule has 2 unspecified atom stereocenters. The Morgan fingerprint density at radius 1 is 1.62 bits per heavy atom. The highest BCUT2D eigenvalue weighted by Crippen LogP contribution is 2.21. The molecular weight excluding hydrogens is 166 g/mol. The van der Waals surface area contributed by atoms with Crippen molar-refractivity contribution in [2.24, 2.45) is 11.8 Å².